The molecule has 0 aliphatic rings. The van der Waals surface area contributed by atoms with E-state index in [1.807, 2.05) is 72.4 Å². The van der Waals surface area contributed by atoms with Crippen LogP contribution in [0.5, 0.6) is 0 Å². The van der Waals surface area contributed by atoms with Gasteiger partial charge in [-0.25, -0.2) is 0 Å². The minimum Gasteiger partial charge on any atom is -0.351 e. The van der Waals surface area contributed by atoms with Gasteiger partial charge < -0.3 is 4.57 Å². The van der Waals surface area contributed by atoms with Gasteiger partial charge in [-0.15, -0.1) is 0 Å². The molecular weight excluding hydrogens is 294 g/mol. The van der Waals surface area contributed by atoms with Crippen molar-refractivity contribution in [1.29, 1.82) is 0 Å². The molecule has 0 unspecified atom stereocenters. The van der Waals surface area contributed by atoms with E-state index >= 15 is 0 Å². The lowest BCUT2D eigenvalue weighted by Gasteiger charge is -2.09. The van der Waals surface area contributed by atoms with Crippen molar-refractivity contribution >= 4 is 33.4 Å². The number of hydrogen-bond acceptors (Lipinski definition) is 1. The molecule has 1 heterocycles. The second kappa shape index (κ2) is 5.82. The van der Waals surface area contributed by atoms with E-state index in [0.717, 1.165) is 32.8 Å². The smallest absolute Gasteiger partial charge is 0.187 e. The Hall–Kier alpha value is -3.13. The van der Waals surface area contributed by atoms with Crippen LogP contribution in [0.4, 0.5) is 0 Å². The summed E-state index contributed by atoms with van der Waals surface area (Å²) in [6.07, 6.45) is 5.51. The number of aryl methyl sites for hydroxylation is 1. The Labute approximate surface area is 140 Å². The predicted octanol–water partition coefficient (Wildman–Crippen LogP) is 5.23. The number of ketones is 1. The van der Waals surface area contributed by atoms with Gasteiger partial charge >= 0.3 is 0 Å². The fourth-order valence-corrected chi connectivity index (χ4v) is 3.17. The molecule has 0 radical (unpaired) electrons. The van der Waals surface area contributed by atoms with Crippen molar-refractivity contribution < 1.29 is 4.79 Å². The van der Waals surface area contributed by atoms with Crippen molar-refractivity contribution in [3.8, 4) is 0 Å². The molecule has 1 aromatic heterocycles. The van der Waals surface area contributed by atoms with Gasteiger partial charge in [0.15, 0.2) is 5.78 Å². The van der Waals surface area contributed by atoms with Gasteiger partial charge in [-0.1, -0.05) is 48.5 Å². The van der Waals surface area contributed by atoms with E-state index in [-0.39, 0.29) is 5.78 Å². The van der Waals surface area contributed by atoms with Crippen molar-refractivity contribution in [3.63, 3.8) is 0 Å². The van der Waals surface area contributed by atoms with E-state index in [1.165, 1.54) is 0 Å². The van der Waals surface area contributed by atoms with Gasteiger partial charge in [-0.05, 0) is 51.9 Å². The molecule has 0 aliphatic carbocycles. The molecule has 0 saturated carbocycles. The number of carbonyl (C=O) groups excluding carboxylic acids is 1. The second-order valence-electron chi connectivity index (χ2n) is 5.94. The number of rotatable bonds is 3. The maximum Gasteiger partial charge on any atom is 0.187 e. The van der Waals surface area contributed by atoms with Crippen LogP contribution in [0.3, 0.4) is 0 Å². The highest BCUT2D eigenvalue weighted by molar-refractivity contribution is 6.23. The van der Waals surface area contributed by atoms with Crippen molar-refractivity contribution in [2.75, 3.05) is 0 Å². The number of aromatic nitrogens is 1. The Bertz CT molecular complexity index is 1030. The molecule has 3 aromatic carbocycles. The van der Waals surface area contributed by atoms with Crippen molar-refractivity contribution in [2.45, 2.75) is 0 Å². The molecule has 4 aromatic rings. The third kappa shape index (κ3) is 2.42. The maximum absolute atomic E-state index is 13.0. The first-order chi connectivity index (χ1) is 11.7. The standard InChI is InChI=1S/C22H17NO/c1-23-14-6-9-18(23)12-13-21(24)22-19-10-4-2-7-16(19)15-17-8-3-5-11-20(17)22/h2-15H,1H3/b13-12+. The lowest BCUT2D eigenvalue weighted by atomic mass is 9.94. The summed E-state index contributed by atoms with van der Waals surface area (Å²) in [5.74, 6) is 0.0317. The molecule has 0 saturated heterocycles. The lowest BCUT2D eigenvalue weighted by molar-refractivity contribution is 0.105. The minimum atomic E-state index is 0.0317. The Kier molecular flexibility index (Phi) is 3.51. The summed E-state index contributed by atoms with van der Waals surface area (Å²) < 4.78 is 1.99. The number of hydrogen-bond donors (Lipinski definition) is 0. The summed E-state index contributed by atoms with van der Waals surface area (Å²) >= 11 is 0. The third-order valence-electron chi connectivity index (χ3n) is 4.41. The van der Waals surface area contributed by atoms with Crippen molar-refractivity contribution in [2.24, 2.45) is 7.05 Å². The molecule has 116 valence electrons. The summed E-state index contributed by atoms with van der Waals surface area (Å²) in [5.41, 5.74) is 1.78. The number of fused-ring (bicyclic) bond motifs is 2. The van der Waals surface area contributed by atoms with Crippen LogP contribution in [0.25, 0.3) is 27.6 Å². The Morgan fingerprint density at radius 2 is 1.50 bits per heavy atom. The van der Waals surface area contributed by atoms with Crippen LogP contribution in [0.1, 0.15) is 16.1 Å². The van der Waals surface area contributed by atoms with Gasteiger partial charge in [0.25, 0.3) is 0 Å². The predicted molar refractivity (Wildman–Crippen MR) is 100 cm³/mol. The van der Waals surface area contributed by atoms with E-state index in [2.05, 4.69) is 18.2 Å². The topological polar surface area (TPSA) is 22.0 Å². The number of benzene rings is 3. The van der Waals surface area contributed by atoms with Gasteiger partial charge in [0.1, 0.15) is 0 Å². The summed E-state index contributed by atoms with van der Waals surface area (Å²) in [7, 11) is 1.97. The van der Waals surface area contributed by atoms with Crippen molar-refractivity contribution in [3.05, 3.63) is 90.3 Å². The first-order valence-corrected chi connectivity index (χ1v) is 7.98. The van der Waals surface area contributed by atoms with Gasteiger partial charge in [0.05, 0.1) is 0 Å². The van der Waals surface area contributed by atoms with Crippen LogP contribution >= 0.6 is 0 Å². The normalized spacial score (nSPS) is 11.5. The SMILES string of the molecule is Cn1cccc1/C=C/C(=O)c1c2ccccc2cc2ccccc12. The first kappa shape index (κ1) is 14.5. The van der Waals surface area contributed by atoms with Crippen molar-refractivity contribution in [1.82, 2.24) is 4.57 Å². The minimum absolute atomic E-state index is 0.0317. The second-order valence-corrected chi connectivity index (χ2v) is 5.94. The largest absolute Gasteiger partial charge is 0.351 e. The molecule has 24 heavy (non-hydrogen) atoms. The summed E-state index contributed by atoms with van der Waals surface area (Å²) in [6, 6.07) is 22.2. The first-order valence-electron chi connectivity index (χ1n) is 7.98. The van der Waals surface area contributed by atoms with Crippen LogP contribution in [-0.2, 0) is 7.05 Å². The van der Waals surface area contributed by atoms with E-state index in [9.17, 15) is 4.79 Å². The van der Waals surface area contributed by atoms with Crippen LogP contribution in [0.2, 0.25) is 0 Å². The van der Waals surface area contributed by atoms with Gasteiger partial charge in [-0.3, -0.25) is 4.79 Å². The van der Waals surface area contributed by atoms with E-state index in [1.54, 1.807) is 6.08 Å². The molecule has 0 fully saturated rings. The summed E-state index contributed by atoms with van der Waals surface area (Å²) in [6.45, 7) is 0. The molecule has 0 N–H and O–H groups in total. The fourth-order valence-electron chi connectivity index (χ4n) is 3.17. The van der Waals surface area contributed by atoms with E-state index in [4.69, 9.17) is 0 Å². The highest BCUT2D eigenvalue weighted by Gasteiger charge is 2.12. The van der Waals surface area contributed by atoms with Gasteiger partial charge in [0, 0.05) is 24.5 Å². The quantitative estimate of drug-likeness (QED) is 0.288. The Morgan fingerprint density at radius 3 is 2.08 bits per heavy atom. The zero-order valence-electron chi connectivity index (χ0n) is 13.4. The number of allylic oxidation sites excluding steroid dienone is 1. The molecule has 0 atom stereocenters. The average molecular weight is 311 g/mol. The molecule has 0 spiro atoms. The van der Waals surface area contributed by atoms with Crippen LogP contribution in [0, 0.1) is 0 Å². The highest BCUT2D eigenvalue weighted by Crippen LogP contribution is 2.29. The Morgan fingerprint density at radius 1 is 0.875 bits per heavy atom. The monoisotopic (exact) mass is 311 g/mol. The molecule has 0 bridgehead atoms. The summed E-state index contributed by atoms with van der Waals surface area (Å²) in [4.78, 5) is 13.0. The zero-order valence-corrected chi connectivity index (χ0v) is 13.4. The van der Waals surface area contributed by atoms with Gasteiger partial charge in [0.2, 0.25) is 0 Å². The summed E-state index contributed by atoms with van der Waals surface area (Å²) in [5, 5.41) is 4.18. The number of nitrogens with zero attached hydrogens (tertiary/aromatic N) is 1. The highest BCUT2D eigenvalue weighted by atomic mass is 16.1. The van der Waals surface area contributed by atoms with E-state index < -0.39 is 0 Å². The van der Waals surface area contributed by atoms with Crippen LogP contribution in [0.15, 0.2) is 79.0 Å². The molecule has 2 nitrogen and oxygen atoms in total. The fraction of sp³-hybridized carbons (Fsp3) is 0.0455. The molecule has 2 heteroatoms. The lowest BCUT2D eigenvalue weighted by Crippen LogP contribution is -1.98. The maximum atomic E-state index is 13.0. The van der Waals surface area contributed by atoms with E-state index in [0.29, 0.717) is 0 Å². The Balaban J connectivity index is 1.91. The average Bonchev–Trinajstić information content (AvgIpc) is 3.02. The van der Waals surface area contributed by atoms with Crippen LogP contribution < -0.4 is 0 Å². The molecule has 0 amide bonds. The van der Waals surface area contributed by atoms with Crippen LogP contribution in [-0.4, -0.2) is 10.4 Å². The molecule has 0 aliphatic heterocycles. The zero-order chi connectivity index (χ0) is 16.5. The van der Waals surface area contributed by atoms with Gasteiger partial charge in [-0.2, -0.15) is 0 Å². The molecule has 4 rings (SSSR count). The number of carbonyl (C=O) groups is 1. The molecular formula is C22H17NO. The third-order valence-corrected chi connectivity index (χ3v) is 4.41.